The molecule has 0 aromatic heterocycles. The lowest BCUT2D eigenvalue weighted by Crippen LogP contribution is -2.30. The van der Waals surface area contributed by atoms with Gasteiger partial charge in [0.25, 0.3) is 0 Å². The van der Waals surface area contributed by atoms with E-state index in [2.05, 4.69) is 5.32 Å². The summed E-state index contributed by atoms with van der Waals surface area (Å²) in [5, 5.41) is 4.24. The van der Waals surface area contributed by atoms with Crippen molar-refractivity contribution in [3.63, 3.8) is 0 Å². The van der Waals surface area contributed by atoms with Gasteiger partial charge in [0.05, 0.1) is 24.0 Å². The summed E-state index contributed by atoms with van der Waals surface area (Å²) in [6.45, 7) is 0. The standard InChI is InChI=1S/C16H11Cl2F3N2O3/c1-26-13-5-3-9(18)7-12(13)23-15(25)14(24)22-11-4-2-8(17)6-10(11)16(19,20)21/h2-7H,1H3,(H,22,24)(H,23,25). The van der Waals surface area contributed by atoms with Crippen molar-refractivity contribution in [2.24, 2.45) is 0 Å². The Hall–Kier alpha value is -2.45. The summed E-state index contributed by atoms with van der Waals surface area (Å²) in [5.74, 6) is -2.29. The lowest BCUT2D eigenvalue weighted by molar-refractivity contribution is -0.137. The molecule has 0 bridgehead atoms. The number of halogens is 5. The topological polar surface area (TPSA) is 67.4 Å². The van der Waals surface area contributed by atoms with E-state index in [9.17, 15) is 22.8 Å². The van der Waals surface area contributed by atoms with Crippen molar-refractivity contribution in [1.82, 2.24) is 0 Å². The van der Waals surface area contributed by atoms with Gasteiger partial charge in [-0.25, -0.2) is 0 Å². The smallest absolute Gasteiger partial charge is 0.418 e. The zero-order valence-corrected chi connectivity index (χ0v) is 14.6. The van der Waals surface area contributed by atoms with E-state index in [-0.39, 0.29) is 21.5 Å². The summed E-state index contributed by atoms with van der Waals surface area (Å²) < 4.78 is 44.1. The maximum atomic E-state index is 13.0. The van der Waals surface area contributed by atoms with E-state index >= 15 is 0 Å². The third-order valence-corrected chi connectivity index (χ3v) is 3.62. The molecule has 5 nitrogen and oxygen atoms in total. The van der Waals surface area contributed by atoms with Gasteiger partial charge in [-0.1, -0.05) is 23.2 Å². The quantitative estimate of drug-likeness (QED) is 0.732. The lowest BCUT2D eigenvalue weighted by Gasteiger charge is -2.14. The molecule has 10 heteroatoms. The molecule has 0 fully saturated rings. The number of benzene rings is 2. The molecule has 0 saturated carbocycles. The molecule has 0 unspecified atom stereocenters. The first-order valence-corrected chi connectivity index (χ1v) is 7.70. The first-order chi connectivity index (χ1) is 12.1. The van der Waals surface area contributed by atoms with Crippen molar-refractivity contribution in [3.8, 4) is 5.75 Å². The van der Waals surface area contributed by atoms with Crippen LogP contribution in [0.5, 0.6) is 5.75 Å². The molecule has 2 aromatic carbocycles. The van der Waals surface area contributed by atoms with E-state index in [0.29, 0.717) is 6.07 Å². The summed E-state index contributed by atoms with van der Waals surface area (Å²) >= 11 is 11.4. The van der Waals surface area contributed by atoms with Crippen LogP contribution < -0.4 is 15.4 Å². The fourth-order valence-corrected chi connectivity index (χ4v) is 2.34. The van der Waals surface area contributed by atoms with Crippen LogP contribution in [0.1, 0.15) is 5.56 Å². The molecule has 0 atom stereocenters. The van der Waals surface area contributed by atoms with Gasteiger partial charge in [-0.3, -0.25) is 9.59 Å². The first kappa shape index (κ1) is 19.9. The van der Waals surface area contributed by atoms with Crippen molar-refractivity contribution < 1.29 is 27.5 Å². The van der Waals surface area contributed by atoms with Crippen molar-refractivity contribution >= 4 is 46.4 Å². The molecule has 0 aliphatic heterocycles. The minimum Gasteiger partial charge on any atom is -0.495 e. The molecule has 0 spiro atoms. The Kier molecular flexibility index (Phi) is 5.99. The van der Waals surface area contributed by atoms with E-state index in [4.69, 9.17) is 27.9 Å². The number of carbonyl (C=O) groups excluding carboxylic acids is 2. The molecule has 2 amide bonds. The molecule has 0 aliphatic rings. The Morgan fingerprint density at radius 3 is 2.04 bits per heavy atom. The van der Waals surface area contributed by atoms with Gasteiger partial charge in [0, 0.05) is 10.0 Å². The number of methoxy groups -OCH3 is 1. The zero-order chi connectivity index (χ0) is 19.5. The third kappa shape index (κ3) is 4.80. The average molecular weight is 407 g/mol. The van der Waals surface area contributed by atoms with E-state index in [0.717, 1.165) is 12.1 Å². The molecule has 138 valence electrons. The van der Waals surface area contributed by atoms with Gasteiger partial charge in [0.15, 0.2) is 0 Å². The number of rotatable bonds is 3. The monoisotopic (exact) mass is 406 g/mol. The Labute approximate surface area is 156 Å². The highest BCUT2D eigenvalue weighted by Crippen LogP contribution is 2.36. The van der Waals surface area contributed by atoms with Gasteiger partial charge in [-0.15, -0.1) is 0 Å². The maximum Gasteiger partial charge on any atom is 0.418 e. The second-order valence-electron chi connectivity index (χ2n) is 4.94. The molecule has 26 heavy (non-hydrogen) atoms. The molecule has 0 radical (unpaired) electrons. The van der Waals surface area contributed by atoms with Crippen molar-refractivity contribution in [3.05, 3.63) is 52.0 Å². The van der Waals surface area contributed by atoms with Crippen LogP contribution in [0.3, 0.4) is 0 Å². The Morgan fingerprint density at radius 2 is 1.46 bits per heavy atom. The van der Waals surface area contributed by atoms with Crippen LogP contribution in [0.4, 0.5) is 24.5 Å². The number of amides is 2. The SMILES string of the molecule is COc1ccc(Cl)cc1NC(=O)C(=O)Nc1ccc(Cl)cc1C(F)(F)F. The molecule has 0 heterocycles. The highest BCUT2D eigenvalue weighted by Gasteiger charge is 2.34. The maximum absolute atomic E-state index is 13.0. The minimum atomic E-state index is -4.76. The highest BCUT2D eigenvalue weighted by molar-refractivity contribution is 6.44. The van der Waals surface area contributed by atoms with Gasteiger partial charge < -0.3 is 15.4 Å². The second kappa shape index (κ2) is 7.84. The van der Waals surface area contributed by atoms with Gasteiger partial charge in [0.1, 0.15) is 5.75 Å². The van der Waals surface area contributed by atoms with Crippen LogP contribution in [-0.2, 0) is 15.8 Å². The molecule has 0 saturated heterocycles. The fourth-order valence-electron chi connectivity index (χ4n) is 2.00. The Morgan fingerprint density at radius 1 is 0.923 bits per heavy atom. The Bertz CT molecular complexity index is 857. The molecular formula is C16H11Cl2F3N2O3. The number of alkyl halides is 3. The van der Waals surface area contributed by atoms with E-state index in [1.807, 2.05) is 5.32 Å². The number of hydrogen-bond acceptors (Lipinski definition) is 3. The first-order valence-electron chi connectivity index (χ1n) is 6.94. The minimum absolute atomic E-state index is 0.0901. The summed E-state index contributed by atoms with van der Waals surface area (Å²) in [5.41, 5.74) is -1.68. The Balaban J connectivity index is 2.21. The summed E-state index contributed by atoms with van der Waals surface area (Å²) in [7, 11) is 1.34. The lowest BCUT2D eigenvalue weighted by atomic mass is 10.1. The third-order valence-electron chi connectivity index (χ3n) is 3.15. The van der Waals surface area contributed by atoms with Crippen molar-refractivity contribution in [2.75, 3.05) is 17.7 Å². The normalized spacial score (nSPS) is 11.0. The second-order valence-corrected chi connectivity index (χ2v) is 5.81. The highest BCUT2D eigenvalue weighted by atomic mass is 35.5. The van der Waals surface area contributed by atoms with Crippen LogP contribution in [0.15, 0.2) is 36.4 Å². The molecule has 2 aromatic rings. The summed E-state index contributed by atoms with van der Waals surface area (Å²) in [6, 6.07) is 7.04. The molecular weight excluding hydrogens is 396 g/mol. The predicted octanol–water partition coefficient (Wildman–Crippen LogP) is 4.60. The molecule has 0 aliphatic carbocycles. The van der Waals surface area contributed by atoms with Crippen molar-refractivity contribution in [2.45, 2.75) is 6.18 Å². The van der Waals surface area contributed by atoms with Gasteiger partial charge in [-0.05, 0) is 36.4 Å². The zero-order valence-electron chi connectivity index (χ0n) is 13.1. The summed E-state index contributed by atoms with van der Waals surface area (Å²) in [6.07, 6.45) is -4.76. The van der Waals surface area contributed by atoms with Crippen LogP contribution in [-0.4, -0.2) is 18.9 Å². The van der Waals surface area contributed by atoms with E-state index < -0.39 is 29.2 Å². The van der Waals surface area contributed by atoms with Crippen molar-refractivity contribution in [1.29, 1.82) is 0 Å². The molecule has 2 rings (SSSR count). The van der Waals surface area contributed by atoms with Gasteiger partial charge in [-0.2, -0.15) is 13.2 Å². The number of carbonyl (C=O) groups is 2. The van der Waals surface area contributed by atoms with Crippen LogP contribution in [0, 0.1) is 0 Å². The van der Waals surface area contributed by atoms with Crippen LogP contribution >= 0.6 is 23.2 Å². The van der Waals surface area contributed by atoms with Gasteiger partial charge >= 0.3 is 18.0 Å². The van der Waals surface area contributed by atoms with Crippen LogP contribution in [0.2, 0.25) is 10.0 Å². The number of ether oxygens (including phenoxy) is 1. The van der Waals surface area contributed by atoms with E-state index in [1.54, 1.807) is 0 Å². The number of anilines is 2. The average Bonchev–Trinajstić information content (AvgIpc) is 2.55. The largest absolute Gasteiger partial charge is 0.495 e. The van der Waals surface area contributed by atoms with Crippen LogP contribution in [0.25, 0.3) is 0 Å². The number of hydrogen-bond donors (Lipinski definition) is 2. The number of nitrogens with one attached hydrogen (secondary N) is 2. The molecule has 2 N–H and O–H groups in total. The van der Waals surface area contributed by atoms with E-state index in [1.165, 1.54) is 25.3 Å². The predicted molar refractivity (Wildman–Crippen MR) is 91.7 cm³/mol. The summed E-state index contributed by atoms with van der Waals surface area (Å²) in [4.78, 5) is 24.0. The fraction of sp³-hybridized carbons (Fsp3) is 0.125. The van der Waals surface area contributed by atoms with Gasteiger partial charge in [0.2, 0.25) is 0 Å².